The van der Waals surface area contributed by atoms with E-state index in [0.29, 0.717) is 6.04 Å². The SMILES string of the molecule is COc1ccc2c(c1)C(N1CCCC1)CC1(CCNC1)O2. The molecule has 21 heavy (non-hydrogen) atoms. The van der Waals surface area contributed by atoms with Crippen LogP contribution in [0.25, 0.3) is 0 Å². The quantitative estimate of drug-likeness (QED) is 0.906. The average molecular weight is 288 g/mol. The van der Waals surface area contributed by atoms with Gasteiger partial charge in [0, 0.05) is 31.0 Å². The van der Waals surface area contributed by atoms with Gasteiger partial charge in [-0.3, -0.25) is 4.90 Å². The first-order valence-corrected chi connectivity index (χ1v) is 8.11. The highest BCUT2D eigenvalue weighted by molar-refractivity contribution is 5.44. The molecule has 114 valence electrons. The number of methoxy groups -OCH3 is 1. The Morgan fingerprint density at radius 2 is 2.19 bits per heavy atom. The second-order valence-electron chi connectivity index (χ2n) is 6.58. The van der Waals surface area contributed by atoms with Crippen LogP contribution in [-0.2, 0) is 0 Å². The molecule has 2 saturated heterocycles. The Hall–Kier alpha value is -1.26. The predicted molar refractivity (Wildman–Crippen MR) is 82.0 cm³/mol. The Kier molecular flexibility index (Phi) is 3.31. The number of hydrogen-bond donors (Lipinski definition) is 1. The van der Waals surface area contributed by atoms with Crippen LogP contribution in [0.3, 0.4) is 0 Å². The van der Waals surface area contributed by atoms with Gasteiger partial charge in [0.2, 0.25) is 0 Å². The highest BCUT2D eigenvalue weighted by Gasteiger charge is 2.45. The molecule has 0 aliphatic carbocycles. The van der Waals surface area contributed by atoms with E-state index in [1.165, 1.54) is 31.5 Å². The van der Waals surface area contributed by atoms with Crippen LogP contribution in [0.2, 0.25) is 0 Å². The molecule has 4 rings (SSSR count). The molecule has 1 aromatic carbocycles. The molecule has 4 nitrogen and oxygen atoms in total. The van der Waals surface area contributed by atoms with E-state index in [1.54, 1.807) is 7.11 Å². The van der Waals surface area contributed by atoms with Gasteiger partial charge in [-0.25, -0.2) is 0 Å². The van der Waals surface area contributed by atoms with Crippen molar-refractivity contribution in [2.24, 2.45) is 0 Å². The first-order valence-electron chi connectivity index (χ1n) is 8.11. The van der Waals surface area contributed by atoms with Crippen LogP contribution in [0.15, 0.2) is 18.2 Å². The summed E-state index contributed by atoms with van der Waals surface area (Å²) in [5.74, 6) is 1.99. The minimum absolute atomic E-state index is 0.00511. The van der Waals surface area contributed by atoms with Crippen LogP contribution in [0, 0.1) is 0 Å². The minimum atomic E-state index is -0.00511. The summed E-state index contributed by atoms with van der Waals surface area (Å²) in [5, 5.41) is 3.48. The maximum atomic E-state index is 6.42. The second kappa shape index (κ2) is 5.18. The van der Waals surface area contributed by atoms with Gasteiger partial charge in [-0.15, -0.1) is 0 Å². The largest absolute Gasteiger partial charge is 0.497 e. The zero-order valence-electron chi connectivity index (χ0n) is 12.7. The molecule has 2 atom stereocenters. The van der Waals surface area contributed by atoms with Gasteiger partial charge in [-0.2, -0.15) is 0 Å². The molecule has 2 unspecified atom stereocenters. The Morgan fingerprint density at radius 1 is 1.33 bits per heavy atom. The lowest BCUT2D eigenvalue weighted by molar-refractivity contribution is 0.0227. The summed E-state index contributed by atoms with van der Waals surface area (Å²) in [7, 11) is 1.73. The van der Waals surface area contributed by atoms with Crippen LogP contribution in [0.5, 0.6) is 11.5 Å². The van der Waals surface area contributed by atoms with Crippen molar-refractivity contribution in [2.75, 3.05) is 33.3 Å². The van der Waals surface area contributed by atoms with Crippen LogP contribution >= 0.6 is 0 Å². The zero-order valence-corrected chi connectivity index (χ0v) is 12.7. The Balaban J connectivity index is 1.73. The Bertz CT molecular complexity index is 520. The topological polar surface area (TPSA) is 33.7 Å². The van der Waals surface area contributed by atoms with Crippen LogP contribution in [0.1, 0.15) is 37.3 Å². The molecule has 3 aliphatic heterocycles. The van der Waals surface area contributed by atoms with Crippen molar-refractivity contribution in [3.05, 3.63) is 23.8 Å². The molecule has 0 radical (unpaired) electrons. The van der Waals surface area contributed by atoms with Crippen LogP contribution in [0.4, 0.5) is 0 Å². The highest BCUT2D eigenvalue weighted by atomic mass is 16.5. The van der Waals surface area contributed by atoms with Gasteiger partial charge in [-0.05, 0) is 50.7 Å². The van der Waals surface area contributed by atoms with Crippen LogP contribution < -0.4 is 14.8 Å². The van der Waals surface area contributed by atoms with Crippen molar-refractivity contribution in [3.8, 4) is 11.5 Å². The van der Waals surface area contributed by atoms with Gasteiger partial charge in [0.15, 0.2) is 0 Å². The number of likely N-dealkylation sites (tertiary alicyclic amines) is 1. The van der Waals surface area contributed by atoms with Gasteiger partial charge >= 0.3 is 0 Å². The molecule has 2 fully saturated rings. The normalized spacial score (nSPS) is 32.1. The molecule has 0 amide bonds. The summed E-state index contributed by atoms with van der Waals surface area (Å²) in [5.41, 5.74) is 1.31. The zero-order chi connectivity index (χ0) is 14.3. The lowest BCUT2D eigenvalue weighted by Gasteiger charge is -2.42. The fraction of sp³-hybridized carbons (Fsp3) is 0.647. The summed E-state index contributed by atoms with van der Waals surface area (Å²) in [6.45, 7) is 4.47. The van der Waals surface area contributed by atoms with E-state index in [4.69, 9.17) is 9.47 Å². The first kappa shape index (κ1) is 13.4. The van der Waals surface area contributed by atoms with E-state index in [2.05, 4.69) is 22.3 Å². The fourth-order valence-corrected chi connectivity index (χ4v) is 4.11. The number of benzene rings is 1. The van der Waals surface area contributed by atoms with E-state index in [1.807, 2.05) is 6.07 Å². The van der Waals surface area contributed by atoms with Crippen molar-refractivity contribution in [1.29, 1.82) is 0 Å². The summed E-state index contributed by atoms with van der Waals surface area (Å²) in [6.07, 6.45) is 4.85. The maximum Gasteiger partial charge on any atom is 0.125 e. The average Bonchev–Trinajstić information content (AvgIpc) is 3.18. The number of nitrogens with one attached hydrogen (secondary N) is 1. The molecule has 1 spiro atoms. The standard InChI is InChI=1S/C17H24N2O2/c1-20-13-4-5-16-14(10-13)15(19-8-2-3-9-19)11-17(21-16)6-7-18-12-17/h4-5,10,15,18H,2-3,6-9,11-12H2,1H3. The maximum absolute atomic E-state index is 6.42. The molecule has 1 aromatic rings. The van der Waals surface area contributed by atoms with Crippen LogP contribution in [-0.4, -0.2) is 43.8 Å². The van der Waals surface area contributed by atoms with E-state index in [-0.39, 0.29) is 5.60 Å². The molecule has 3 heterocycles. The third-order valence-electron chi connectivity index (χ3n) is 5.25. The Labute approximate surface area is 126 Å². The van der Waals surface area contributed by atoms with Crippen molar-refractivity contribution in [2.45, 2.75) is 37.3 Å². The van der Waals surface area contributed by atoms with Crippen molar-refractivity contribution >= 4 is 0 Å². The van der Waals surface area contributed by atoms with Gasteiger partial charge in [0.1, 0.15) is 17.1 Å². The predicted octanol–water partition coefficient (Wildman–Crippen LogP) is 2.35. The van der Waals surface area contributed by atoms with Gasteiger partial charge in [0.25, 0.3) is 0 Å². The van der Waals surface area contributed by atoms with E-state index >= 15 is 0 Å². The summed E-state index contributed by atoms with van der Waals surface area (Å²) < 4.78 is 11.8. The second-order valence-corrected chi connectivity index (χ2v) is 6.58. The summed E-state index contributed by atoms with van der Waals surface area (Å²) in [4.78, 5) is 2.64. The number of hydrogen-bond acceptors (Lipinski definition) is 4. The number of nitrogens with zero attached hydrogens (tertiary/aromatic N) is 1. The first-order chi connectivity index (χ1) is 10.3. The number of fused-ring (bicyclic) bond motifs is 1. The monoisotopic (exact) mass is 288 g/mol. The fourth-order valence-electron chi connectivity index (χ4n) is 4.11. The Morgan fingerprint density at radius 3 is 2.90 bits per heavy atom. The smallest absolute Gasteiger partial charge is 0.125 e. The van der Waals surface area contributed by atoms with Crippen molar-refractivity contribution in [1.82, 2.24) is 10.2 Å². The molecule has 1 N–H and O–H groups in total. The van der Waals surface area contributed by atoms with Gasteiger partial charge in [0.05, 0.1) is 7.11 Å². The molecule has 0 aromatic heterocycles. The third-order valence-corrected chi connectivity index (χ3v) is 5.25. The molecule has 0 saturated carbocycles. The lowest BCUT2D eigenvalue weighted by Crippen LogP contribution is -2.46. The molecule has 4 heteroatoms. The number of ether oxygens (including phenoxy) is 2. The molecular formula is C17H24N2O2. The third kappa shape index (κ3) is 2.30. The molecule has 3 aliphatic rings. The van der Waals surface area contributed by atoms with Gasteiger partial charge in [-0.1, -0.05) is 0 Å². The van der Waals surface area contributed by atoms with E-state index in [0.717, 1.165) is 37.4 Å². The summed E-state index contributed by atoms with van der Waals surface area (Å²) >= 11 is 0. The number of rotatable bonds is 2. The van der Waals surface area contributed by atoms with Gasteiger partial charge < -0.3 is 14.8 Å². The lowest BCUT2D eigenvalue weighted by atomic mass is 9.85. The van der Waals surface area contributed by atoms with E-state index < -0.39 is 0 Å². The molecular weight excluding hydrogens is 264 g/mol. The minimum Gasteiger partial charge on any atom is -0.497 e. The van der Waals surface area contributed by atoms with Crippen molar-refractivity contribution in [3.63, 3.8) is 0 Å². The highest BCUT2D eigenvalue weighted by Crippen LogP contribution is 2.46. The van der Waals surface area contributed by atoms with E-state index in [9.17, 15) is 0 Å². The van der Waals surface area contributed by atoms with Crippen molar-refractivity contribution < 1.29 is 9.47 Å². The molecule has 0 bridgehead atoms. The summed E-state index contributed by atoms with van der Waals surface area (Å²) in [6, 6.07) is 6.76.